The van der Waals surface area contributed by atoms with Gasteiger partial charge in [0.25, 0.3) is 0 Å². The minimum atomic E-state index is 0.478. The molecule has 0 aromatic heterocycles. The Hall–Kier alpha value is -0.890. The zero-order valence-corrected chi connectivity index (χ0v) is 8.37. The first kappa shape index (κ1) is 8.42. The molecule has 0 saturated carbocycles. The van der Waals surface area contributed by atoms with Crippen molar-refractivity contribution in [2.24, 2.45) is 4.99 Å². The molecule has 3 aliphatic rings. The van der Waals surface area contributed by atoms with Crippen LogP contribution < -0.4 is 5.32 Å². The number of allylic oxidation sites excluding steroid dienone is 1. The van der Waals surface area contributed by atoms with Crippen molar-refractivity contribution in [1.29, 1.82) is 0 Å². The maximum atomic E-state index is 4.55. The fraction of sp³-hybridized carbons (Fsp3) is 0.583. The molecule has 1 N–H and O–H groups in total. The first-order valence-electron chi connectivity index (χ1n) is 5.61. The van der Waals surface area contributed by atoms with Crippen LogP contribution in [0.1, 0.15) is 25.7 Å². The third-order valence-electron chi connectivity index (χ3n) is 3.52. The predicted octanol–water partition coefficient (Wildman–Crippen LogP) is 1.84. The predicted molar refractivity (Wildman–Crippen MR) is 58.7 cm³/mol. The SMILES string of the molecule is C1=CC2=C3CCCNC3CCC2N=C1. The summed E-state index contributed by atoms with van der Waals surface area (Å²) in [6.07, 6.45) is 11.4. The van der Waals surface area contributed by atoms with E-state index in [4.69, 9.17) is 0 Å². The molecule has 14 heavy (non-hydrogen) atoms. The van der Waals surface area contributed by atoms with Gasteiger partial charge in [0.1, 0.15) is 0 Å². The van der Waals surface area contributed by atoms with Crippen LogP contribution in [0.15, 0.2) is 28.3 Å². The molecule has 74 valence electrons. The summed E-state index contributed by atoms with van der Waals surface area (Å²) in [6, 6.07) is 1.14. The molecule has 0 aromatic carbocycles. The van der Waals surface area contributed by atoms with E-state index in [0.29, 0.717) is 12.1 Å². The average molecular weight is 188 g/mol. The van der Waals surface area contributed by atoms with Gasteiger partial charge in [-0.1, -0.05) is 6.08 Å². The highest BCUT2D eigenvalue weighted by atomic mass is 14.9. The fourth-order valence-electron chi connectivity index (χ4n) is 2.84. The van der Waals surface area contributed by atoms with Crippen LogP contribution in [0.5, 0.6) is 0 Å². The van der Waals surface area contributed by atoms with Crippen LogP contribution in [0.3, 0.4) is 0 Å². The lowest BCUT2D eigenvalue weighted by atomic mass is 9.80. The summed E-state index contributed by atoms with van der Waals surface area (Å²) in [4.78, 5) is 4.55. The lowest BCUT2D eigenvalue weighted by Crippen LogP contribution is -2.41. The van der Waals surface area contributed by atoms with Gasteiger partial charge in [0.2, 0.25) is 0 Å². The normalized spacial score (nSPS) is 35.4. The Morgan fingerprint density at radius 1 is 1.36 bits per heavy atom. The van der Waals surface area contributed by atoms with Gasteiger partial charge in [-0.15, -0.1) is 0 Å². The summed E-state index contributed by atoms with van der Waals surface area (Å²) in [5.74, 6) is 0. The molecule has 1 fully saturated rings. The maximum absolute atomic E-state index is 4.55. The zero-order chi connectivity index (χ0) is 9.38. The number of rotatable bonds is 0. The van der Waals surface area contributed by atoms with Crippen LogP contribution in [-0.4, -0.2) is 24.8 Å². The van der Waals surface area contributed by atoms with Gasteiger partial charge in [-0.3, -0.25) is 4.99 Å². The van der Waals surface area contributed by atoms with Gasteiger partial charge in [-0.2, -0.15) is 0 Å². The van der Waals surface area contributed by atoms with Gasteiger partial charge in [-0.05, 0) is 49.5 Å². The van der Waals surface area contributed by atoms with E-state index in [0.717, 1.165) is 0 Å². The zero-order valence-electron chi connectivity index (χ0n) is 8.37. The van der Waals surface area contributed by atoms with Crippen LogP contribution in [0, 0.1) is 0 Å². The molecular formula is C12H16N2. The number of piperidine rings is 1. The van der Waals surface area contributed by atoms with Gasteiger partial charge < -0.3 is 5.32 Å². The molecule has 1 saturated heterocycles. The van der Waals surface area contributed by atoms with Crippen molar-refractivity contribution in [3.63, 3.8) is 0 Å². The van der Waals surface area contributed by atoms with Crippen LogP contribution >= 0.6 is 0 Å². The molecular weight excluding hydrogens is 172 g/mol. The second-order valence-electron chi connectivity index (χ2n) is 4.34. The Balaban J connectivity index is 2.00. The number of fused-ring (bicyclic) bond motifs is 2. The number of hydrogen-bond donors (Lipinski definition) is 1. The average Bonchev–Trinajstić information content (AvgIpc) is 2.29. The van der Waals surface area contributed by atoms with E-state index in [-0.39, 0.29) is 0 Å². The third kappa shape index (κ3) is 1.25. The standard InChI is InChI=1S/C12H16N2/c1-3-9-10-4-2-8-14-12(10)6-5-11(9)13-7-1/h1,3,7,11-12,14H,2,4-6,8H2. The first-order chi connectivity index (χ1) is 6.95. The van der Waals surface area contributed by atoms with E-state index in [2.05, 4.69) is 22.5 Å². The molecule has 3 rings (SSSR count). The van der Waals surface area contributed by atoms with Gasteiger partial charge in [0.15, 0.2) is 0 Å². The van der Waals surface area contributed by atoms with E-state index in [9.17, 15) is 0 Å². The molecule has 0 radical (unpaired) electrons. The van der Waals surface area contributed by atoms with Crippen molar-refractivity contribution in [2.75, 3.05) is 6.54 Å². The Morgan fingerprint density at radius 3 is 3.36 bits per heavy atom. The van der Waals surface area contributed by atoms with Gasteiger partial charge in [0.05, 0.1) is 6.04 Å². The summed E-state index contributed by atoms with van der Waals surface area (Å²) in [5, 5.41) is 3.61. The number of aliphatic imine (C=N–C) groups is 1. The Morgan fingerprint density at radius 2 is 2.36 bits per heavy atom. The second-order valence-corrected chi connectivity index (χ2v) is 4.34. The molecule has 0 amide bonds. The lowest BCUT2D eigenvalue weighted by Gasteiger charge is -2.36. The highest BCUT2D eigenvalue weighted by Crippen LogP contribution is 2.34. The summed E-state index contributed by atoms with van der Waals surface area (Å²) >= 11 is 0. The van der Waals surface area contributed by atoms with Gasteiger partial charge in [0, 0.05) is 12.3 Å². The second kappa shape index (κ2) is 3.35. The quantitative estimate of drug-likeness (QED) is 0.616. The number of dihydropyridines is 1. The highest BCUT2D eigenvalue weighted by Gasteiger charge is 2.29. The third-order valence-corrected chi connectivity index (χ3v) is 3.52. The molecule has 2 unspecified atom stereocenters. The van der Waals surface area contributed by atoms with E-state index in [1.165, 1.54) is 37.8 Å². The Kier molecular flexibility index (Phi) is 2.02. The van der Waals surface area contributed by atoms with Crippen molar-refractivity contribution >= 4 is 6.21 Å². The summed E-state index contributed by atoms with van der Waals surface area (Å²) < 4.78 is 0. The molecule has 2 heterocycles. The molecule has 2 aliphatic heterocycles. The topological polar surface area (TPSA) is 24.4 Å². The maximum Gasteiger partial charge on any atom is 0.0749 e. The van der Waals surface area contributed by atoms with Crippen LogP contribution in [0.2, 0.25) is 0 Å². The lowest BCUT2D eigenvalue weighted by molar-refractivity contribution is 0.418. The minimum Gasteiger partial charge on any atom is -0.310 e. The van der Waals surface area contributed by atoms with Crippen LogP contribution in [0.25, 0.3) is 0 Å². The molecule has 2 atom stereocenters. The van der Waals surface area contributed by atoms with Gasteiger partial charge in [-0.25, -0.2) is 0 Å². The Labute approximate surface area is 84.8 Å². The Bertz CT molecular complexity index is 325. The van der Waals surface area contributed by atoms with E-state index in [1.54, 1.807) is 5.57 Å². The molecule has 2 nitrogen and oxygen atoms in total. The van der Waals surface area contributed by atoms with E-state index >= 15 is 0 Å². The largest absolute Gasteiger partial charge is 0.310 e. The number of nitrogens with one attached hydrogen (secondary N) is 1. The van der Waals surface area contributed by atoms with E-state index < -0.39 is 0 Å². The monoisotopic (exact) mass is 188 g/mol. The van der Waals surface area contributed by atoms with Crippen molar-refractivity contribution in [3.8, 4) is 0 Å². The van der Waals surface area contributed by atoms with Crippen LogP contribution in [0.4, 0.5) is 0 Å². The van der Waals surface area contributed by atoms with Crippen LogP contribution in [-0.2, 0) is 0 Å². The van der Waals surface area contributed by atoms with E-state index in [1.807, 2.05) is 6.21 Å². The van der Waals surface area contributed by atoms with Gasteiger partial charge >= 0.3 is 0 Å². The molecule has 1 aliphatic carbocycles. The number of hydrogen-bond acceptors (Lipinski definition) is 2. The van der Waals surface area contributed by atoms with Crippen molar-refractivity contribution in [1.82, 2.24) is 5.32 Å². The fourth-order valence-corrected chi connectivity index (χ4v) is 2.84. The minimum absolute atomic E-state index is 0.478. The summed E-state index contributed by atoms with van der Waals surface area (Å²) in [5.41, 5.74) is 3.15. The van der Waals surface area contributed by atoms with Crippen molar-refractivity contribution in [3.05, 3.63) is 23.3 Å². The smallest absolute Gasteiger partial charge is 0.0749 e. The van der Waals surface area contributed by atoms with Crippen molar-refractivity contribution < 1.29 is 0 Å². The number of nitrogens with zero attached hydrogens (tertiary/aromatic N) is 1. The molecule has 2 heteroatoms. The molecule has 0 aromatic rings. The van der Waals surface area contributed by atoms with Crippen molar-refractivity contribution in [2.45, 2.75) is 37.8 Å². The molecule has 0 bridgehead atoms. The highest BCUT2D eigenvalue weighted by molar-refractivity contribution is 5.75. The summed E-state index contributed by atoms with van der Waals surface area (Å²) in [7, 11) is 0. The summed E-state index contributed by atoms with van der Waals surface area (Å²) in [6.45, 7) is 1.19. The molecule has 0 spiro atoms. The first-order valence-corrected chi connectivity index (χ1v) is 5.61.